The molecule has 3 aliphatic rings. The van der Waals surface area contributed by atoms with Crippen molar-refractivity contribution in [1.29, 1.82) is 0 Å². The number of alkyl halides is 2. The number of amides is 1. The van der Waals surface area contributed by atoms with Crippen LogP contribution in [0.1, 0.15) is 51.9 Å². The topological polar surface area (TPSA) is 86.8 Å². The molecule has 2 saturated carbocycles. The Morgan fingerprint density at radius 2 is 2.00 bits per heavy atom. The highest BCUT2D eigenvalue weighted by molar-refractivity contribution is 6.20. The quantitative estimate of drug-likeness (QED) is 0.311. The molecule has 0 aromatic rings. The van der Waals surface area contributed by atoms with Gasteiger partial charge in [-0.05, 0) is 51.9 Å². The molecule has 7 nitrogen and oxygen atoms in total. The number of carbonyl (C=O) groups excluding carboxylic acids is 1. The van der Waals surface area contributed by atoms with Gasteiger partial charge in [-0.1, -0.05) is 0 Å². The second-order valence-corrected chi connectivity index (χ2v) is 8.95. The van der Waals surface area contributed by atoms with Gasteiger partial charge >= 0.3 is 0 Å². The number of nitrogens with zero attached hydrogens (tertiary/aromatic N) is 1. The molecule has 0 aromatic carbocycles. The number of carbonyl (C=O) groups is 1. The normalized spacial score (nSPS) is 37.2. The van der Waals surface area contributed by atoms with Crippen molar-refractivity contribution in [1.82, 2.24) is 21.5 Å². The molecule has 1 amide bonds. The van der Waals surface area contributed by atoms with Crippen LogP contribution in [0, 0.1) is 11.8 Å². The van der Waals surface area contributed by atoms with Crippen LogP contribution in [0.5, 0.6) is 0 Å². The summed E-state index contributed by atoms with van der Waals surface area (Å²) in [6.07, 6.45) is 4.20. The third-order valence-corrected chi connectivity index (χ3v) is 6.44. The minimum Gasteiger partial charge on any atom is -0.383 e. The fourth-order valence-corrected chi connectivity index (χ4v) is 4.67. The van der Waals surface area contributed by atoms with Crippen molar-refractivity contribution < 1.29 is 13.9 Å². The van der Waals surface area contributed by atoms with Gasteiger partial charge in [0.15, 0.2) is 5.96 Å². The molecule has 1 heterocycles. The summed E-state index contributed by atoms with van der Waals surface area (Å²) < 4.78 is 18.9. The summed E-state index contributed by atoms with van der Waals surface area (Å²) >= 11 is 6.16. The lowest BCUT2D eigenvalue weighted by Crippen LogP contribution is -2.49. The van der Waals surface area contributed by atoms with E-state index in [0.717, 1.165) is 32.1 Å². The Morgan fingerprint density at radius 3 is 2.71 bits per heavy atom. The standard InChI is InChI=1S/C19H33ClFN5O2/c1-11(10-28-2)22-19(24-18(27)12-3-5-13(20)6-4-12)23-17-15-8-7-14(21)9-16(15)25-26-17/h11-17,25-26H,3-10H2,1-2H3,(H2,22,23,24,27)/t11-,12?,13?,14?,15?,16?,17?/m0/s1. The fourth-order valence-electron chi connectivity index (χ4n) is 4.42. The Labute approximate surface area is 171 Å². The summed E-state index contributed by atoms with van der Waals surface area (Å²) in [5, 5.41) is 6.41. The molecule has 3 fully saturated rings. The molecule has 160 valence electrons. The van der Waals surface area contributed by atoms with Crippen LogP contribution < -0.4 is 21.5 Å². The van der Waals surface area contributed by atoms with E-state index >= 15 is 0 Å². The SMILES string of the molecule is COC[C@H](C)N/C(=N\C1NNC2CC(F)CCC21)NC(=O)C1CCC(Cl)CC1. The minimum absolute atomic E-state index is 0.00522. The van der Waals surface area contributed by atoms with Crippen molar-refractivity contribution in [2.75, 3.05) is 13.7 Å². The zero-order valence-corrected chi connectivity index (χ0v) is 17.5. The van der Waals surface area contributed by atoms with Crippen molar-refractivity contribution in [2.45, 2.75) is 81.7 Å². The molecule has 9 heteroatoms. The van der Waals surface area contributed by atoms with E-state index in [1.165, 1.54) is 0 Å². The molecule has 2 aliphatic carbocycles. The Balaban J connectivity index is 1.66. The number of nitrogens with one attached hydrogen (secondary N) is 4. The fraction of sp³-hybridized carbons (Fsp3) is 0.895. The molecule has 4 N–H and O–H groups in total. The zero-order valence-electron chi connectivity index (χ0n) is 16.7. The van der Waals surface area contributed by atoms with Crippen LogP contribution in [-0.2, 0) is 9.53 Å². The van der Waals surface area contributed by atoms with Gasteiger partial charge in [-0.15, -0.1) is 11.6 Å². The zero-order chi connectivity index (χ0) is 20.1. The van der Waals surface area contributed by atoms with E-state index in [9.17, 15) is 9.18 Å². The van der Waals surface area contributed by atoms with E-state index in [0.29, 0.717) is 25.4 Å². The van der Waals surface area contributed by atoms with Crippen LogP contribution in [0.25, 0.3) is 0 Å². The molecule has 1 saturated heterocycles. The number of fused-ring (bicyclic) bond motifs is 1. The number of hydrogen-bond donors (Lipinski definition) is 4. The average molecular weight is 418 g/mol. The van der Waals surface area contributed by atoms with Gasteiger partial charge in [-0.25, -0.2) is 14.8 Å². The van der Waals surface area contributed by atoms with Crippen LogP contribution in [0.4, 0.5) is 4.39 Å². The van der Waals surface area contributed by atoms with Gasteiger partial charge in [-0.2, -0.15) is 0 Å². The number of ether oxygens (including phenoxy) is 1. The molecule has 3 rings (SSSR count). The molecule has 0 aromatic heterocycles. The van der Waals surface area contributed by atoms with E-state index in [1.807, 2.05) is 6.92 Å². The van der Waals surface area contributed by atoms with Gasteiger partial charge in [0, 0.05) is 36.4 Å². The highest BCUT2D eigenvalue weighted by atomic mass is 35.5. The maximum atomic E-state index is 13.7. The second-order valence-electron chi connectivity index (χ2n) is 8.33. The van der Waals surface area contributed by atoms with Crippen molar-refractivity contribution in [3.8, 4) is 0 Å². The second kappa shape index (κ2) is 10.2. The Kier molecular flexibility index (Phi) is 7.91. The van der Waals surface area contributed by atoms with E-state index in [-0.39, 0.29) is 41.4 Å². The first-order valence-corrected chi connectivity index (χ1v) is 10.8. The average Bonchev–Trinajstić information content (AvgIpc) is 3.04. The summed E-state index contributed by atoms with van der Waals surface area (Å²) in [5.74, 6) is 0.605. The lowest BCUT2D eigenvalue weighted by Gasteiger charge is -2.29. The van der Waals surface area contributed by atoms with E-state index in [4.69, 9.17) is 21.3 Å². The summed E-state index contributed by atoms with van der Waals surface area (Å²) in [7, 11) is 1.64. The van der Waals surface area contributed by atoms with Gasteiger partial charge in [0.05, 0.1) is 6.61 Å². The van der Waals surface area contributed by atoms with Crippen LogP contribution >= 0.6 is 11.6 Å². The van der Waals surface area contributed by atoms with Crippen molar-refractivity contribution in [3.63, 3.8) is 0 Å². The van der Waals surface area contributed by atoms with Gasteiger partial charge in [0.25, 0.3) is 0 Å². The largest absolute Gasteiger partial charge is 0.383 e. The molecule has 1 aliphatic heterocycles. The summed E-state index contributed by atoms with van der Waals surface area (Å²) in [6.45, 7) is 2.47. The number of halogens is 2. The first kappa shape index (κ1) is 21.7. The number of hydrogen-bond acceptors (Lipinski definition) is 5. The van der Waals surface area contributed by atoms with Crippen molar-refractivity contribution >= 4 is 23.5 Å². The summed E-state index contributed by atoms with van der Waals surface area (Å²) in [5.41, 5.74) is 6.34. The molecule has 5 atom stereocenters. The monoisotopic (exact) mass is 417 g/mol. The molecule has 4 unspecified atom stereocenters. The molecule has 0 bridgehead atoms. The maximum absolute atomic E-state index is 13.7. The first-order chi connectivity index (χ1) is 13.5. The molecule has 28 heavy (non-hydrogen) atoms. The Morgan fingerprint density at radius 1 is 1.25 bits per heavy atom. The smallest absolute Gasteiger partial charge is 0.229 e. The number of guanidine groups is 1. The minimum atomic E-state index is -0.755. The lowest BCUT2D eigenvalue weighted by atomic mass is 9.83. The third kappa shape index (κ3) is 5.78. The molecule has 0 spiro atoms. The van der Waals surface area contributed by atoms with E-state index < -0.39 is 6.17 Å². The first-order valence-electron chi connectivity index (χ1n) is 10.4. The van der Waals surface area contributed by atoms with Crippen LogP contribution in [-0.4, -0.2) is 55.4 Å². The van der Waals surface area contributed by atoms with Gasteiger partial charge < -0.3 is 10.1 Å². The summed E-state index contributed by atoms with van der Waals surface area (Å²) in [4.78, 5) is 17.5. The van der Waals surface area contributed by atoms with Crippen molar-refractivity contribution in [3.05, 3.63) is 0 Å². The number of rotatable bonds is 5. The third-order valence-electron chi connectivity index (χ3n) is 6.00. The van der Waals surface area contributed by atoms with Crippen LogP contribution in [0.3, 0.4) is 0 Å². The van der Waals surface area contributed by atoms with E-state index in [2.05, 4.69) is 21.5 Å². The van der Waals surface area contributed by atoms with Gasteiger partial charge in [-0.3, -0.25) is 15.5 Å². The Hall–Kier alpha value is -0.960. The summed E-state index contributed by atoms with van der Waals surface area (Å²) in [6, 6.07) is 0.0687. The van der Waals surface area contributed by atoms with E-state index in [1.54, 1.807) is 7.11 Å². The Bertz CT molecular complexity index is 558. The molecular weight excluding hydrogens is 385 g/mol. The van der Waals surface area contributed by atoms with Crippen LogP contribution in [0.15, 0.2) is 4.99 Å². The molecule has 0 radical (unpaired) electrons. The number of methoxy groups -OCH3 is 1. The highest BCUT2D eigenvalue weighted by Crippen LogP contribution is 2.32. The van der Waals surface area contributed by atoms with Gasteiger partial charge in [0.2, 0.25) is 5.91 Å². The highest BCUT2D eigenvalue weighted by Gasteiger charge is 2.40. The number of hydrazine groups is 1. The molecular formula is C19H33ClFN5O2. The lowest BCUT2D eigenvalue weighted by molar-refractivity contribution is -0.124. The predicted octanol–water partition coefficient (Wildman–Crippen LogP) is 1.82. The van der Waals surface area contributed by atoms with Crippen molar-refractivity contribution in [2.24, 2.45) is 16.8 Å². The van der Waals surface area contributed by atoms with Crippen LogP contribution in [0.2, 0.25) is 0 Å². The maximum Gasteiger partial charge on any atom is 0.229 e. The van der Waals surface area contributed by atoms with Gasteiger partial charge in [0.1, 0.15) is 12.3 Å². The number of aliphatic imine (C=N–C) groups is 1. The predicted molar refractivity (Wildman–Crippen MR) is 108 cm³/mol.